The van der Waals surface area contributed by atoms with E-state index in [2.05, 4.69) is 14.8 Å². The lowest BCUT2D eigenvalue weighted by Crippen LogP contribution is -2.05. The average Bonchev–Trinajstić information content (AvgIpc) is 2.94. The molecule has 3 aromatic rings. The second-order valence-electron chi connectivity index (χ2n) is 4.03. The van der Waals surface area contributed by atoms with Gasteiger partial charge in [0.05, 0.1) is 11.9 Å². The molecule has 0 atom stereocenters. The van der Waals surface area contributed by atoms with Gasteiger partial charge in [-0.15, -0.1) is 11.3 Å². The zero-order valence-corrected chi connectivity index (χ0v) is 11.2. The lowest BCUT2D eigenvalue weighted by Gasteiger charge is -2.03. The third-order valence-corrected chi connectivity index (χ3v) is 3.95. The number of fused-ring (bicyclic) bond motifs is 1. The van der Waals surface area contributed by atoms with Crippen molar-refractivity contribution in [1.82, 2.24) is 9.38 Å². The zero-order chi connectivity index (χ0) is 12.5. The summed E-state index contributed by atoms with van der Waals surface area (Å²) in [6.45, 7) is 0.629. The minimum Gasteiger partial charge on any atom is -0.330 e. The van der Waals surface area contributed by atoms with Crippen LogP contribution in [0.15, 0.2) is 35.8 Å². The standard InChI is InChI=1S/C13H12ClN3S/c14-10-3-1-9(2-4-10)12-8-18-13-16-7-11(5-6-15)17(12)13/h1-4,7-8H,5-6,15H2. The molecule has 1 aromatic carbocycles. The van der Waals surface area contributed by atoms with E-state index in [0.717, 1.165) is 33.4 Å². The Morgan fingerprint density at radius 3 is 2.78 bits per heavy atom. The Morgan fingerprint density at radius 2 is 2.06 bits per heavy atom. The maximum absolute atomic E-state index is 5.92. The maximum atomic E-state index is 5.92. The topological polar surface area (TPSA) is 43.3 Å². The van der Waals surface area contributed by atoms with E-state index in [1.807, 2.05) is 30.5 Å². The first-order valence-corrected chi connectivity index (χ1v) is 6.95. The molecule has 0 aliphatic heterocycles. The summed E-state index contributed by atoms with van der Waals surface area (Å²) in [5.41, 5.74) is 9.07. The minimum atomic E-state index is 0.629. The smallest absolute Gasteiger partial charge is 0.194 e. The predicted molar refractivity (Wildman–Crippen MR) is 76.3 cm³/mol. The molecule has 0 fully saturated rings. The molecule has 2 heterocycles. The van der Waals surface area contributed by atoms with Crippen molar-refractivity contribution in [3.8, 4) is 11.3 Å². The quantitative estimate of drug-likeness (QED) is 0.799. The molecule has 0 saturated carbocycles. The Balaban J connectivity index is 2.16. The van der Waals surface area contributed by atoms with Crippen LogP contribution in [-0.2, 0) is 6.42 Å². The van der Waals surface area contributed by atoms with Gasteiger partial charge in [0.15, 0.2) is 4.96 Å². The minimum absolute atomic E-state index is 0.629. The first kappa shape index (κ1) is 11.7. The number of thiazole rings is 1. The molecule has 0 unspecified atom stereocenters. The van der Waals surface area contributed by atoms with Gasteiger partial charge in [-0.25, -0.2) is 4.98 Å². The number of nitrogens with zero attached hydrogens (tertiary/aromatic N) is 2. The van der Waals surface area contributed by atoms with Gasteiger partial charge >= 0.3 is 0 Å². The fourth-order valence-corrected chi connectivity index (χ4v) is 3.03. The molecule has 92 valence electrons. The summed E-state index contributed by atoms with van der Waals surface area (Å²) in [4.78, 5) is 5.40. The highest BCUT2D eigenvalue weighted by Gasteiger charge is 2.11. The van der Waals surface area contributed by atoms with Crippen LogP contribution in [0.2, 0.25) is 5.02 Å². The van der Waals surface area contributed by atoms with Gasteiger partial charge in [0.25, 0.3) is 0 Å². The van der Waals surface area contributed by atoms with Gasteiger partial charge in [0.1, 0.15) is 0 Å². The summed E-state index contributed by atoms with van der Waals surface area (Å²) in [6, 6.07) is 7.85. The molecule has 0 spiro atoms. The van der Waals surface area contributed by atoms with Crippen molar-refractivity contribution in [1.29, 1.82) is 0 Å². The van der Waals surface area contributed by atoms with E-state index >= 15 is 0 Å². The number of aromatic nitrogens is 2. The van der Waals surface area contributed by atoms with E-state index in [0.29, 0.717) is 6.54 Å². The van der Waals surface area contributed by atoms with Crippen LogP contribution >= 0.6 is 22.9 Å². The predicted octanol–water partition coefficient (Wildman–Crippen LogP) is 3.22. The number of hydrogen-bond donors (Lipinski definition) is 1. The Hall–Kier alpha value is -1.36. The molecule has 0 amide bonds. The number of benzene rings is 1. The molecule has 2 aromatic heterocycles. The van der Waals surface area contributed by atoms with Crippen LogP contribution in [0.1, 0.15) is 5.69 Å². The molecule has 0 radical (unpaired) electrons. The summed E-state index contributed by atoms with van der Waals surface area (Å²) in [6.07, 6.45) is 2.73. The van der Waals surface area contributed by atoms with E-state index in [1.54, 1.807) is 11.3 Å². The summed E-state index contributed by atoms with van der Waals surface area (Å²) >= 11 is 7.56. The number of halogens is 1. The van der Waals surface area contributed by atoms with Gasteiger partial charge in [-0.1, -0.05) is 23.7 Å². The van der Waals surface area contributed by atoms with Crippen molar-refractivity contribution >= 4 is 27.9 Å². The van der Waals surface area contributed by atoms with E-state index in [-0.39, 0.29) is 0 Å². The van der Waals surface area contributed by atoms with E-state index < -0.39 is 0 Å². The summed E-state index contributed by atoms with van der Waals surface area (Å²) in [5, 5.41) is 2.86. The van der Waals surface area contributed by atoms with Crippen LogP contribution in [-0.4, -0.2) is 15.9 Å². The van der Waals surface area contributed by atoms with Gasteiger partial charge < -0.3 is 5.73 Å². The third-order valence-electron chi connectivity index (χ3n) is 2.86. The van der Waals surface area contributed by atoms with Crippen molar-refractivity contribution in [2.45, 2.75) is 6.42 Å². The van der Waals surface area contributed by atoms with Gasteiger partial charge in [-0.3, -0.25) is 4.40 Å². The monoisotopic (exact) mass is 277 g/mol. The van der Waals surface area contributed by atoms with Gasteiger partial charge in [0.2, 0.25) is 0 Å². The van der Waals surface area contributed by atoms with E-state index in [9.17, 15) is 0 Å². The van der Waals surface area contributed by atoms with Crippen LogP contribution in [0, 0.1) is 0 Å². The molecule has 2 N–H and O–H groups in total. The highest BCUT2D eigenvalue weighted by molar-refractivity contribution is 7.15. The van der Waals surface area contributed by atoms with E-state index in [4.69, 9.17) is 17.3 Å². The first-order chi connectivity index (χ1) is 8.79. The van der Waals surface area contributed by atoms with Gasteiger partial charge in [0, 0.05) is 22.5 Å². The van der Waals surface area contributed by atoms with Crippen LogP contribution in [0.4, 0.5) is 0 Å². The fourth-order valence-electron chi connectivity index (χ4n) is 2.01. The zero-order valence-electron chi connectivity index (χ0n) is 9.64. The lowest BCUT2D eigenvalue weighted by atomic mass is 10.2. The Labute approximate surface area is 114 Å². The van der Waals surface area contributed by atoms with Crippen LogP contribution in [0.5, 0.6) is 0 Å². The van der Waals surface area contributed by atoms with Crippen LogP contribution in [0.25, 0.3) is 16.2 Å². The van der Waals surface area contributed by atoms with E-state index in [1.165, 1.54) is 0 Å². The second kappa shape index (κ2) is 4.72. The molecular formula is C13H12ClN3S. The maximum Gasteiger partial charge on any atom is 0.194 e. The highest BCUT2D eigenvalue weighted by Crippen LogP contribution is 2.28. The molecule has 3 nitrogen and oxygen atoms in total. The summed E-state index contributed by atoms with van der Waals surface area (Å²) in [5.74, 6) is 0. The molecule has 5 heteroatoms. The van der Waals surface area contributed by atoms with Crippen molar-refractivity contribution in [3.63, 3.8) is 0 Å². The second-order valence-corrected chi connectivity index (χ2v) is 5.31. The molecule has 0 bridgehead atoms. The molecule has 18 heavy (non-hydrogen) atoms. The highest BCUT2D eigenvalue weighted by atomic mass is 35.5. The fraction of sp³-hybridized carbons (Fsp3) is 0.154. The number of rotatable bonds is 3. The molecular weight excluding hydrogens is 266 g/mol. The van der Waals surface area contributed by atoms with Crippen LogP contribution in [0.3, 0.4) is 0 Å². The van der Waals surface area contributed by atoms with Crippen molar-refractivity contribution in [2.24, 2.45) is 5.73 Å². The average molecular weight is 278 g/mol. The summed E-state index contributed by atoms with van der Waals surface area (Å²) < 4.78 is 2.17. The normalized spacial score (nSPS) is 11.2. The van der Waals surface area contributed by atoms with Gasteiger partial charge in [-0.2, -0.15) is 0 Å². The van der Waals surface area contributed by atoms with Crippen molar-refractivity contribution in [3.05, 3.63) is 46.6 Å². The Morgan fingerprint density at radius 1 is 1.28 bits per heavy atom. The van der Waals surface area contributed by atoms with Gasteiger partial charge in [-0.05, 0) is 24.2 Å². The summed E-state index contributed by atoms with van der Waals surface area (Å²) in [7, 11) is 0. The lowest BCUT2D eigenvalue weighted by molar-refractivity contribution is 0.911. The third kappa shape index (κ3) is 1.92. The molecule has 0 aliphatic carbocycles. The Kier molecular flexibility index (Phi) is 3.07. The van der Waals surface area contributed by atoms with Crippen molar-refractivity contribution in [2.75, 3.05) is 6.54 Å². The Bertz CT molecular complexity index is 669. The van der Waals surface area contributed by atoms with Crippen molar-refractivity contribution < 1.29 is 0 Å². The SMILES string of the molecule is NCCc1cnc2scc(-c3ccc(Cl)cc3)n12. The molecule has 0 aliphatic rings. The van der Waals surface area contributed by atoms with Crippen LogP contribution < -0.4 is 5.73 Å². The number of imidazole rings is 1. The largest absolute Gasteiger partial charge is 0.330 e. The first-order valence-electron chi connectivity index (χ1n) is 5.69. The molecule has 0 saturated heterocycles. The number of hydrogen-bond acceptors (Lipinski definition) is 3. The number of nitrogens with two attached hydrogens (primary N) is 1. The molecule has 3 rings (SSSR count).